The number of ether oxygens (including phenoxy) is 1. The van der Waals surface area contributed by atoms with Gasteiger partial charge in [-0.2, -0.15) is 0 Å². The van der Waals surface area contributed by atoms with Crippen molar-refractivity contribution in [1.82, 2.24) is 14.8 Å². The molecule has 1 N–H and O–H groups in total. The SMILES string of the molecule is CCc1nnc(SCC(=O)Nc2ccccc2Oc2ccccc2)n1-c1ccccc1. The third-order valence-electron chi connectivity index (χ3n) is 4.50. The summed E-state index contributed by atoms with van der Waals surface area (Å²) in [7, 11) is 0. The van der Waals surface area contributed by atoms with E-state index >= 15 is 0 Å². The highest BCUT2D eigenvalue weighted by atomic mass is 32.2. The van der Waals surface area contributed by atoms with Crippen LogP contribution in [0.15, 0.2) is 90.1 Å². The number of hydrogen-bond acceptors (Lipinski definition) is 5. The maximum Gasteiger partial charge on any atom is 0.234 e. The minimum absolute atomic E-state index is 0.144. The fourth-order valence-electron chi connectivity index (χ4n) is 3.05. The van der Waals surface area contributed by atoms with E-state index in [0.29, 0.717) is 22.3 Å². The highest BCUT2D eigenvalue weighted by molar-refractivity contribution is 7.99. The third kappa shape index (κ3) is 5.13. The number of aromatic nitrogens is 3. The Morgan fingerprint density at radius 1 is 0.935 bits per heavy atom. The fraction of sp³-hybridized carbons (Fsp3) is 0.125. The van der Waals surface area contributed by atoms with Crippen LogP contribution in [-0.2, 0) is 11.2 Å². The number of carbonyl (C=O) groups excluding carboxylic acids is 1. The van der Waals surface area contributed by atoms with Gasteiger partial charge in [-0.3, -0.25) is 9.36 Å². The van der Waals surface area contributed by atoms with Crippen molar-refractivity contribution >= 4 is 23.4 Å². The molecule has 1 aromatic heterocycles. The standard InChI is InChI=1S/C24H22N4O2S/c1-2-22-26-27-24(28(22)18-11-5-3-6-12-18)31-17-23(29)25-20-15-9-10-16-21(20)30-19-13-7-4-8-14-19/h3-16H,2,17H2,1H3,(H,25,29). The van der Waals surface area contributed by atoms with Crippen LogP contribution in [0.5, 0.6) is 11.5 Å². The Bertz CT molecular complexity index is 1150. The number of rotatable bonds is 8. The summed E-state index contributed by atoms with van der Waals surface area (Å²) >= 11 is 1.35. The molecule has 0 fully saturated rings. The molecule has 0 radical (unpaired) electrons. The van der Waals surface area contributed by atoms with E-state index in [1.807, 2.05) is 96.4 Å². The lowest BCUT2D eigenvalue weighted by Crippen LogP contribution is -2.15. The fourth-order valence-corrected chi connectivity index (χ4v) is 3.82. The molecule has 0 aliphatic heterocycles. The summed E-state index contributed by atoms with van der Waals surface area (Å²) in [6, 6.07) is 26.8. The van der Waals surface area contributed by atoms with Crippen LogP contribution in [-0.4, -0.2) is 26.4 Å². The number of benzene rings is 3. The lowest BCUT2D eigenvalue weighted by Gasteiger charge is -2.12. The van der Waals surface area contributed by atoms with Gasteiger partial charge in [-0.05, 0) is 36.4 Å². The van der Waals surface area contributed by atoms with Crippen molar-refractivity contribution in [3.05, 3.63) is 90.8 Å². The van der Waals surface area contributed by atoms with Crippen LogP contribution < -0.4 is 10.1 Å². The molecule has 31 heavy (non-hydrogen) atoms. The molecule has 156 valence electrons. The molecular weight excluding hydrogens is 408 g/mol. The van der Waals surface area contributed by atoms with Crippen LogP contribution in [0.2, 0.25) is 0 Å². The van der Waals surface area contributed by atoms with Crippen molar-refractivity contribution in [2.24, 2.45) is 0 Å². The summed E-state index contributed by atoms with van der Waals surface area (Å²) in [5, 5.41) is 12.2. The van der Waals surface area contributed by atoms with Crippen LogP contribution in [0.4, 0.5) is 5.69 Å². The van der Waals surface area contributed by atoms with Crippen LogP contribution in [0.3, 0.4) is 0 Å². The number of para-hydroxylation sites is 4. The number of hydrogen-bond donors (Lipinski definition) is 1. The molecule has 0 unspecified atom stereocenters. The molecular formula is C24H22N4O2S. The number of carbonyl (C=O) groups is 1. The first-order valence-electron chi connectivity index (χ1n) is 9.99. The molecule has 0 spiro atoms. The smallest absolute Gasteiger partial charge is 0.234 e. The quantitative estimate of drug-likeness (QED) is 0.382. The van der Waals surface area contributed by atoms with Crippen LogP contribution in [0, 0.1) is 0 Å². The molecule has 3 aromatic carbocycles. The summed E-state index contributed by atoms with van der Waals surface area (Å²) in [4.78, 5) is 12.7. The van der Waals surface area contributed by atoms with Gasteiger partial charge < -0.3 is 10.1 Å². The Kier molecular flexibility index (Phi) is 6.64. The highest BCUT2D eigenvalue weighted by Crippen LogP contribution is 2.29. The van der Waals surface area contributed by atoms with Crippen molar-refractivity contribution in [1.29, 1.82) is 0 Å². The van der Waals surface area contributed by atoms with E-state index in [2.05, 4.69) is 15.5 Å². The van der Waals surface area contributed by atoms with Crippen molar-refractivity contribution in [2.75, 3.05) is 11.1 Å². The molecule has 0 saturated carbocycles. The zero-order chi connectivity index (χ0) is 21.5. The summed E-state index contributed by atoms with van der Waals surface area (Å²) in [5.74, 6) is 2.22. The van der Waals surface area contributed by atoms with E-state index in [-0.39, 0.29) is 11.7 Å². The summed E-state index contributed by atoms with van der Waals surface area (Å²) < 4.78 is 7.91. The third-order valence-corrected chi connectivity index (χ3v) is 5.42. The molecule has 4 aromatic rings. The number of anilines is 1. The van der Waals surface area contributed by atoms with Gasteiger partial charge in [0, 0.05) is 12.1 Å². The molecule has 7 heteroatoms. The van der Waals surface area contributed by atoms with Crippen molar-refractivity contribution in [3.63, 3.8) is 0 Å². The average Bonchev–Trinajstić information content (AvgIpc) is 3.23. The summed E-state index contributed by atoms with van der Waals surface area (Å²) in [5.41, 5.74) is 1.60. The summed E-state index contributed by atoms with van der Waals surface area (Å²) in [6.07, 6.45) is 0.749. The van der Waals surface area contributed by atoms with Gasteiger partial charge in [0.25, 0.3) is 0 Å². The Hall–Kier alpha value is -3.58. The molecule has 1 heterocycles. The Morgan fingerprint density at radius 2 is 1.61 bits per heavy atom. The highest BCUT2D eigenvalue weighted by Gasteiger charge is 2.15. The van der Waals surface area contributed by atoms with Gasteiger partial charge in [-0.1, -0.05) is 67.2 Å². The number of nitrogens with zero attached hydrogens (tertiary/aromatic N) is 3. The van der Waals surface area contributed by atoms with Crippen molar-refractivity contribution in [3.8, 4) is 17.2 Å². The van der Waals surface area contributed by atoms with Crippen molar-refractivity contribution in [2.45, 2.75) is 18.5 Å². The van der Waals surface area contributed by atoms with E-state index in [9.17, 15) is 4.79 Å². The first-order valence-corrected chi connectivity index (χ1v) is 11.0. The average molecular weight is 431 g/mol. The number of aryl methyl sites for hydroxylation is 1. The van der Waals surface area contributed by atoms with Gasteiger partial charge in [0.1, 0.15) is 11.6 Å². The van der Waals surface area contributed by atoms with Crippen molar-refractivity contribution < 1.29 is 9.53 Å². The predicted octanol–water partition coefficient (Wildman–Crippen LogP) is 5.35. The van der Waals surface area contributed by atoms with Gasteiger partial charge in [-0.15, -0.1) is 10.2 Å². The normalized spacial score (nSPS) is 10.6. The summed E-state index contributed by atoms with van der Waals surface area (Å²) in [6.45, 7) is 2.04. The second kappa shape index (κ2) is 9.95. The largest absolute Gasteiger partial charge is 0.455 e. The lowest BCUT2D eigenvalue weighted by molar-refractivity contribution is -0.113. The van der Waals surface area contributed by atoms with E-state index in [0.717, 1.165) is 17.9 Å². The second-order valence-corrected chi connectivity index (χ2v) is 7.61. The van der Waals surface area contributed by atoms with Gasteiger partial charge in [0.2, 0.25) is 5.91 Å². The van der Waals surface area contributed by atoms with Gasteiger partial charge in [-0.25, -0.2) is 0 Å². The maximum atomic E-state index is 12.7. The molecule has 1 amide bonds. The van der Waals surface area contributed by atoms with Crippen LogP contribution in [0.25, 0.3) is 5.69 Å². The van der Waals surface area contributed by atoms with Crippen LogP contribution >= 0.6 is 11.8 Å². The molecule has 0 aliphatic rings. The van der Waals surface area contributed by atoms with E-state index in [1.165, 1.54) is 11.8 Å². The zero-order valence-electron chi connectivity index (χ0n) is 17.1. The number of amides is 1. The first-order chi connectivity index (χ1) is 15.2. The Morgan fingerprint density at radius 3 is 2.35 bits per heavy atom. The second-order valence-electron chi connectivity index (χ2n) is 6.67. The first kappa shape index (κ1) is 20.7. The maximum absolute atomic E-state index is 12.7. The molecule has 6 nitrogen and oxygen atoms in total. The Labute approximate surface area is 185 Å². The van der Waals surface area contributed by atoms with E-state index in [1.54, 1.807) is 0 Å². The number of thioether (sulfide) groups is 1. The minimum atomic E-state index is -0.144. The Balaban J connectivity index is 1.45. The van der Waals surface area contributed by atoms with Gasteiger partial charge in [0.15, 0.2) is 10.9 Å². The monoisotopic (exact) mass is 430 g/mol. The molecule has 0 bridgehead atoms. The zero-order valence-corrected chi connectivity index (χ0v) is 17.9. The molecule has 0 atom stereocenters. The number of nitrogens with one attached hydrogen (secondary N) is 1. The lowest BCUT2D eigenvalue weighted by atomic mass is 10.3. The predicted molar refractivity (Wildman–Crippen MR) is 123 cm³/mol. The molecule has 0 saturated heterocycles. The van der Waals surface area contributed by atoms with Crippen LogP contribution in [0.1, 0.15) is 12.7 Å². The van der Waals surface area contributed by atoms with E-state index in [4.69, 9.17) is 4.74 Å². The van der Waals surface area contributed by atoms with Gasteiger partial charge in [0.05, 0.1) is 11.4 Å². The molecule has 0 aliphatic carbocycles. The molecule has 4 rings (SSSR count). The minimum Gasteiger partial charge on any atom is -0.455 e. The van der Waals surface area contributed by atoms with Gasteiger partial charge >= 0.3 is 0 Å². The topological polar surface area (TPSA) is 69.0 Å². The van der Waals surface area contributed by atoms with E-state index < -0.39 is 0 Å².